The second kappa shape index (κ2) is 4.85. The van der Waals surface area contributed by atoms with E-state index in [1.54, 1.807) is 30.3 Å². The van der Waals surface area contributed by atoms with Gasteiger partial charge >= 0.3 is 6.03 Å². The summed E-state index contributed by atoms with van der Waals surface area (Å²) in [6.07, 6.45) is 5.08. The Balaban J connectivity index is 2.39. The number of aromatic nitrogens is 2. The topological polar surface area (TPSA) is 97.3 Å². The number of urea groups is 1. The van der Waals surface area contributed by atoms with Crippen LogP contribution in [0, 0.1) is 0 Å². The van der Waals surface area contributed by atoms with Crippen LogP contribution in [0.4, 0.5) is 4.79 Å². The molecule has 0 spiro atoms. The number of primary amides is 1. The standard InChI is InChI=1S/C7H12N6O/c1-9-7(12-6(8)14)11-5-13-3-2-10-4-13/h2-4H,5H2,1H3,(H4,8,9,11,12,14). The lowest BCUT2D eigenvalue weighted by Gasteiger charge is -2.08. The van der Waals surface area contributed by atoms with E-state index in [0.29, 0.717) is 12.6 Å². The highest BCUT2D eigenvalue weighted by Gasteiger charge is 1.99. The smallest absolute Gasteiger partial charge is 0.318 e. The van der Waals surface area contributed by atoms with Crippen molar-refractivity contribution >= 4 is 12.0 Å². The molecule has 0 aliphatic rings. The van der Waals surface area contributed by atoms with Crippen molar-refractivity contribution in [2.24, 2.45) is 10.7 Å². The summed E-state index contributed by atoms with van der Waals surface area (Å²) in [5.74, 6) is 0.325. The molecular formula is C7H12N6O. The van der Waals surface area contributed by atoms with Crippen molar-refractivity contribution in [2.45, 2.75) is 6.67 Å². The fraction of sp³-hybridized carbons (Fsp3) is 0.286. The number of rotatable bonds is 2. The van der Waals surface area contributed by atoms with Crippen LogP contribution in [0.15, 0.2) is 23.7 Å². The Labute approximate surface area is 81.0 Å². The van der Waals surface area contributed by atoms with Crippen LogP contribution in [0.1, 0.15) is 0 Å². The van der Waals surface area contributed by atoms with Crippen molar-refractivity contribution in [1.82, 2.24) is 20.2 Å². The first-order chi connectivity index (χ1) is 6.72. The maximum absolute atomic E-state index is 10.5. The van der Waals surface area contributed by atoms with Gasteiger partial charge in [-0.3, -0.25) is 10.3 Å². The van der Waals surface area contributed by atoms with E-state index >= 15 is 0 Å². The number of hydrogen-bond donors (Lipinski definition) is 3. The lowest BCUT2D eigenvalue weighted by atomic mass is 10.8. The highest BCUT2D eigenvalue weighted by molar-refractivity contribution is 5.95. The third kappa shape index (κ3) is 3.13. The van der Waals surface area contributed by atoms with Crippen LogP contribution < -0.4 is 16.4 Å². The molecule has 1 aromatic heterocycles. The molecule has 76 valence electrons. The number of amides is 2. The van der Waals surface area contributed by atoms with Crippen LogP contribution in [-0.2, 0) is 6.67 Å². The summed E-state index contributed by atoms with van der Waals surface area (Å²) in [7, 11) is 1.55. The van der Waals surface area contributed by atoms with E-state index in [1.807, 2.05) is 0 Å². The number of guanidine groups is 1. The van der Waals surface area contributed by atoms with Gasteiger partial charge in [-0.05, 0) is 0 Å². The Morgan fingerprint density at radius 1 is 1.71 bits per heavy atom. The predicted molar refractivity (Wildman–Crippen MR) is 51.4 cm³/mol. The number of carbonyl (C=O) groups excluding carboxylic acids is 1. The van der Waals surface area contributed by atoms with Gasteiger partial charge in [0.05, 0.1) is 13.0 Å². The van der Waals surface area contributed by atoms with Gasteiger partial charge in [0, 0.05) is 19.4 Å². The zero-order chi connectivity index (χ0) is 10.4. The molecule has 1 aromatic rings. The second-order valence-corrected chi connectivity index (χ2v) is 2.47. The van der Waals surface area contributed by atoms with E-state index in [2.05, 4.69) is 20.6 Å². The summed E-state index contributed by atoms with van der Waals surface area (Å²) in [4.78, 5) is 18.1. The largest absolute Gasteiger partial charge is 0.351 e. The Bertz CT molecular complexity index is 317. The number of nitrogens with one attached hydrogen (secondary N) is 2. The van der Waals surface area contributed by atoms with Crippen LogP contribution in [0.3, 0.4) is 0 Å². The maximum Gasteiger partial charge on any atom is 0.318 e. The normalized spacial score (nSPS) is 11.1. The number of nitrogens with two attached hydrogens (primary N) is 1. The predicted octanol–water partition coefficient (Wildman–Crippen LogP) is -0.916. The molecule has 0 radical (unpaired) electrons. The summed E-state index contributed by atoms with van der Waals surface area (Å²) in [6.45, 7) is 0.465. The molecule has 2 amide bonds. The quantitative estimate of drug-likeness (QED) is 0.421. The molecule has 0 aromatic carbocycles. The van der Waals surface area contributed by atoms with Crippen molar-refractivity contribution in [3.63, 3.8) is 0 Å². The number of hydrogen-bond acceptors (Lipinski definition) is 3. The first-order valence-electron chi connectivity index (χ1n) is 3.95. The van der Waals surface area contributed by atoms with Crippen LogP contribution >= 0.6 is 0 Å². The zero-order valence-electron chi connectivity index (χ0n) is 7.77. The minimum absolute atomic E-state index is 0.325. The summed E-state index contributed by atoms with van der Waals surface area (Å²) >= 11 is 0. The van der Waals surface area contributed by atoms with Crippen LogP contribution in [0.25, 0.3) is 0 Å². The molecule has 7 nitrogen and oxygen atoms in total. The third-order valence-electron chi connectivity index (χ3n) is 1.45. The lowest BCUT2D eigenvalue weighted by Crippen LogP contribution is -2.43. The Morgan fingerprint density at radius 3 is 3.00 bits per heavy atom. The molecule has 0 atom stereocenters. The second-order valence-electron chi connectivity index (χ2n) is 2.47. The highest BCUT2D eigenvalue weighted by Crippen LogP contribution is 1.81. The highest BCUT2D eigenvalue weighted by atomic mass is 16.2. The average Bonchev–Trinajstić information content (AvgIpc) is 2.64. The van der Waals surface area contributed by atoms with Gasteiger partial charge in [-0.2, -0.15) is 0 Å². The summed E-state index contributed by atoms with van der Waals surface area (Å²) < 4.78 is 1.79. The molecule has 1 rings (SSSR count). The Kier molecular flexibility index (Phi) is 3.48. The fourth-order valence-corrected chi connectivity index (χ4v) is 0.842. The molecule has 0 aliphatic carbocycles. The first-order valence-corrected chi connectivity index (χ1v) is 3.95. The molecule has 0 fully saturated rings. The van der Waals surface area contributed by atoms with Crippen LogP contribution in [0.5, 0.6) is 0 Å². The number of aliphatic imine (C=N–C) groups is 1. The molecule has 0 saturated heterocycles. The van der Waals surface area contributed by atoms with Gasteiger partial charge in [0.15, 0.2) is 0 Å². The minimum atomic E-state index is -0.649. The van der Waals surface area contributed by atoms with E-state index in [9.17, 15) is 4.79 Å². The molecule has 4 N–H and O–H groups in total. The van der Waals surface area contributed by atoms with E-state index in [4.69, 9.17) is 5.73 Å². The van der Waals surface area contributed by atoms with E-state index < -0.39 is 6.03 Å². The molecule has 7 heteroatoms. The SMILES string of the molecule is CN=C(NCn1ccnc1)NC(N)=O. The van der Waals surface area contributed by atoms with Crippen molar-refractivity contribution in [1.29, 1.82) is 0 Å². The number of imidazole rings is 1. The van der Waals surface area contributed by atoms with Crippen molar-refractivity contribution < 1.29 is 4.79 Å². The monoisotopic (exact) mass is 196 g/mol. The van der Waals surface area contributed by atoms with E-state index in [1.165, 1.54) is 0 Å². The lowest BCUT2D eigenvalue weighted by molar-refractivity contribution is 0.252. The molecule has 1 heterocycles. The summed E-state index contributed by atoms with van der Waals surface area (Å²) in [5, 5.41) is 5.20. The minimum Gasteiger partial charge on any atom is -0.351 e. The average molecular weight is 196 g/mol. The zero-order valence-corrected chi connectivity index (χ0v) is 7.77. The molecule has 14 heavy (non-hydrogen) atoms. The van der Waals surface area contributed by atoms with Gasteiger partial charge in [0.25, 0.3) is 0 Å². The Morgan fingerprint density at radius 2 is 2.50 bits per heavy atom. The molecule has 0 saturated carbocycles. The maximum atomic E-state index is 10.5. The fourth-order valence-electron chi connectivity index (χ4n) is 0.842. The van der Waals surface area contributed by atoms with Crippen LogP contribution in [0.2, 0.25) is 0 Å². The summed E-state index contributed by atoms with van der Waals surface area (Å²) in [6, 6.07) is -0.649. The van der Waals surface area contributed by atoms with Gasteiger partial charge in [-0.25, -0.2) is 9.78 Å². The van der Waals surface area contributed by atoms with Gasteiger partial charge in [0.2, 0.25) is 5.96 Å². The molecule has 0 unspecified atom stereocenters. The van der Waals surface area contributed by atoms with Crippen LogP contribution in [-0.4, -0.2) is 28.6 Å². The third-order valence-corrected chi connectivity index (χ3v) is 1.45. The van der Waals surface area contributed by atoms with Crippen molar-refractivity contribution in [3.05, 3.63) is 18.7 Å². The molecule has 0 aliphatic heterocycles. The van der Waals surface area contributed by atoms with E-state index in [0.717, 1.165) is 0 Å². The van der Waals surface area contributed by atoms with Gasteiger partial charge in [0.1, 0.15) is 0 Å². The van der Waals surface area contributed by atoms with E-state index in [-0.39, 0.29) is 0 Å². The van der Waals surface area contributed by atoms with Gasteiger partial charge in [-0.15, -0.1) is 0 Å². The van der Waals surface area contributed by atoms with Gasteiger partial charge in [-0.1, -0.05) is 0 Å². The Hall–Kier alpha value is -2.05. The molecular weight excluding hydrogens is 184 g/mol. The van der Waals surface area contributed by atoms with Crippen molar-refractivity contribution in [2.75, 3.05) is 7.05 Å². The first kappa shape index (κ1) is 10.0. The van der Waals surface area contributed by atoms with Crippen molar-refractivity contribution in [3.8, 4) is 0 Å². The number of nitrogens with zero attached hydrogens (tertiary/aromatic N) is 3. The van der Waals surface area contributed by atoms with Gasteiger partial charge < -0.3 is 15.6 Å². The summed E-state index contributed by atoms with van der Waals surface area (Å²) in [5.41, 5.74) is 4.93. The number of carbonyl (C=O) groups is 1. The molecule has 0 bridgehead atoms.